The molecule has 0 fully saturated rings. The van der Waals surface area contributed by atoms with Crippen LogP contribution >= 0.6 is 0 Å². The highest BCUT2D eigenvalue weighted by molar-refractivity contribution is 7.92. The number of sulfonamides is 1. The van der Waals surface area contributed by atoms with Gasteiger partial charge in [0.05, 0.1) is 10.9 Å². The first-order valence-corrected chi connectivity index (χ1v) is 10.8. The first-order chi connectivity index (χ1) is 13.8. The first kappa shape index (κ1) is 20.6. The zero-order valence-electron chi connectivity index (χ0n) is 16.6. The molecule has 3 aromatic carbocycles. The maximum atomic E-state index is 12.5. The molecule has 3 aromatic rings. The lowest BCUT2D eigenvalue weighted by molar-refractivity contribution is 0.0940. The van der Waals surface area contributed by atoms with E-state index in [1.165, 1.54) is 0 Å². The van der Waals surface area contributed by atoms with E-state index in [0.717, 1.165) is 16.7 Å². The summed E-state index contributed by atoms with van der Waals surface area (Å²) in [6, 6.07) is 20.8. The zero-order chi connectivity index (χ0) is 21.0. The Morgan fingerprint density at radius 2 is 1.48 bits per heavy atom. The minimum Gasteiger partial charge on any atom is -0.346 e. The number of nitrogens with one attached hydrogen (secondary N) is 2. The Labute approximate surface area is 171 Å². The molecule has 3 rings (SSSR count). The quantitative estimate of drug-likeness (QED) is 0.626. The maximum Gasteiger partial charge on any atom is 0.261 e. The topological polar surface area (TPSA) is 75.3 Å². The van der Waals surface area contributed by atoms with Crippen LogP contribution in [0.1, 0.15) is 40.0 Å². The Bertz CT molecular complexity index is 1110. The van der Waals surface area contributed by atoms with Gasteiger partial charge in [0.15, 0.2) is 0 Å². The number of rotatable bonds is 6. The van der Waals surface area contributed by atoms with Gasteiger partial charge in [-0.2, -0.15) is 0 Å². The number of aryl methyl sites for hydroxylation is 2. The average molecular weight is 409 g/mol. The molecule has 0 aliphatic carbocycles. The fourth-order valence-electron chi connectivity index (χ4n) is 3.05. The maximum absolute atomic E-state index is 12.5. The fourth-order valence-corrected chi connectivity index (χ4v) is 4.11. The van der Waals surface area contributed by atoms with Crippen molar-refractivity contribution >= 4 is 21.6 Å². The van der Waals surface area contributed by atoms with Crippen molar-refractivity contribution in [3.63, 3.8) is 0 Å². The molecular weight excluding hydrogens is 384 g/mol. The van der Waals surface area contributed by atoms with Gasteiger partial charge in [-0.05, 0) is 68.3 Å². The summed E-state index contributed by atoms with van der Waals surface area (Å²) in [5.41, 5.74) is 4.02. The second-order valence-electron chi connectivity index (χ2n) is 7.05. The summed E-state index contributed by atoms with van der Waals surface area (Å²) in [6.45, 7) is 5.84. The van der Waals surface area contributed by atoms with Crippen molar-refractivity contribution in [2.45, 2.75) is 31.7 Å². The van der Waals surface area contributed by atoms with Crippen LogP contribution in [-0.4, -0.2) is 14.3 Å². The molecule has 1 amide bonds. The Morgan fingerprint density at radius 3 is 2.10 bits per heavy atom. The van der Waals surface area contributed by atoms with Gasteiger partial charge in [0.2, 0.25) is 0 Å². The molecule has 1 unspecified atom stereocenters. The van der Waals surface area contributed by atoms with E-state index in [-0.39, 0.29) is 16.8 Å². The third kappa shape index (κ3) is 5.03. The van der Waals surface area contributed by atoms with E-state index in [9.17, 15) is 13.2 Å². The molecular formula is C23H24N2O3S. The van der Waals surface area contributed by atoms with E-state index in [1.807, 2.05) is 45.0 Å². The highest BCUT2D eigenvalue weighted by Gasteiger charge is 2.15. The van der Waals surface area contributed by atoms with Crippen LogP contribution in [0.2, 0.25) is 0 Å². The molecule has 6 heteroatoms. The van der Waals surface area contributed by atoms with E-state index < -0.39 is 10.0 Å². The molecule has 2 N–H and O–H groups in total. The number of carbonyl (C=O) groups is 1. The number of benzene rings is 3. The van der Waals surface area contributed by atoms with E-state index in [1.54, 1.807) is 48.5 Å². The van der Waals surface area contributed by atoms with E-state index in [2.05, 4.69) is 10.0 Å². The zero-order valence-corrected chi connectivity index (χ0v) is 17.5. The fraction of sp³-hybridized carbons (Fsp3) is 0.174. The Balaban J connectivity index is 1.69. The van der Waals surface area contributed by atoms with Crippen LogP contribution in [-0.2, 0) is 10.0 Å². The van der Waals surface area contributed by atoms with Crippen LogP contribution in [0, 0.1) is 13.8 Å². The highest BCUT2D eigenvalue weighted by atomic mass is 32.2. The Morgan fingerprint density at radius 1 is 0.862 bits per heavy atom. The molecule has 29 heavy (non-hydrogen) atoms. The molecule has 0 saturated heterocycles. The lowest BCUT2D eigenvalue weighted by Gasteiger charge is -2.17. The number of hydrogen-bond donors (Lipinski definition) is 2. The van der Waals surface area contributed by atoms with Gasteiger partial charge < -0.3 is 5.32 Å². The van der Waals surface area contributed by atoms with Crippen LogP contribution in [0.3, 0.4) is 0 Å². The van der Waals surface area contributed by atoms with E-state index >= 15 is 0 Å². The molecule has 1 atom stereocenters. The monoisotopic (exact) mass is 408 g/mol. The number of anilines is 1. The summed E-state index contributed by atoms with van der Waals surface area (Å²) >= 11 is 0. The minimum atomic E-state index is -3.67. The van der Waals surface area contributed by atoms with Crippen molar-refractivity contribution in [1.29, 1.82) is 0 Å². The predicted molar refractivity (Wildman–Crippen MR) is 115 cm³/mol. The van der Waals surface area contributed by atoms with Crippen LogP contribution in [0.25, 0.3) is 0 Å². The standard InChI is InChI=1S/C23H24N2O3S/c1-16-8-14-21(15-9-16)29(27,28)25-20-12-10-19(11-13-20)23(26)24-18(3)22-7-5-4-6-17(22)2/h4-15,18,25H,1-3H3,(H,24,26). The number of amides is 1. The lowest BCUT2D eigenvalue weighted by Crippen LogP contribution is -2.27. The smallest absolute Gasteiger partial charge is 0.261 e. The van der Waals surface area contributed by atoms with Gasteiger partial charge in [-0.15, -0.1) is 0 Å². The Kier molecular flexibility index (Phi) is 6.03. The summed E-state index contributed by atoms with van der Waals surface area (Å²) in [5.74, 6) is -0.214. The minimum absolute atomic E-state index is 0.136. The van der Waals surface area contributed by atoms with Gasteiger partial charge >= 0.3 is 0 Å². The van der Waals surface area contributed by atoms with Crippen molar-refractivity contribution in [3.8, 4) is 0 Å². The van der Waals surface area contributed by atoms with Gasteiger partial charge in [0, 0.05) is 11.3 Å². The van der Waals surface area contributed by atoms with Crippen LogP contribution in [0.4, 0.5) is 5.69 Å². The summed E-state index contributed by atoms with van der Waals surface area (Å²) in [4.78, 5) is 12.7. The van der Waals surface area contributed by atoms with Crippen molar-refractivity contribution < 1.29 is 13.2 Å². The van der Waals surface area contributed by atoms with Gasteiger partial charge in [0.1, 0.15) is 0 Å². The van der Waals surface area contributed by atoms with Gasteiger partial charge in [-0.1, -0.05) is 42.0 Å². The van der Waals surface area contributed by atoms with Crippen molar-refractivity contribution in [1.82, 2.24) is 5.32 Å². The molecule has 0 heterocycles. The van der Waals surface area contributed by atoms with E-state index in [0.29, 0.717) is 11.3 Å². The normalized spacial score (nSPS) is 12.2. The second-order valence-corrected chi connectivity index (χ2v) is 8.73. The van der Waals surface area contributed by atoms with Gasteiger partial charge in [0.25, 0.3) is 15.9 Å². The molecule has 0 spiro atoms. The summed E-state index contributed by atoms with van der Waals surface area (Å²) in [6.07, 6.45) is 0. The van der Waals surface area contributed by atoms with Crippen LogP contribution in [0.15, 0.2) is 77.7 Å². The third-order valence-electron chi connectivity index (χ3n) is 4.73. The SMILES string of the molecule is Cc1ccc(S(=O)(=O)Nc2ccc(C(=O)NC(C)c3ccccc3C)cc2)cc1. The largest absolute Gasteiger partial charge is 0.346 e. The first-order valence-electron chi connectivity index (χ1n) is 9.32. The molecule has 0 saturated carbocycles. The van der Waals surface area contributed by atoms with Crippen molar-refractivity contribution in [2.75, 3.05) is 4.72 Å². The lowest BCUT2D eigenvalue weighted by atomic mass is 10.0. The highest BCUT2D eigenvalue weighted by Crippen LogP contribution is 2.19. The summed E-state index contributed by atoms with van der Waals surface area (Å²) < 4.78 is 27.5. The molecule has 5 nitrogen and oxygen atoms in total. The molecule has 0 aromatic heterocycles. The predicted octanol–water partition coefficient (Wildman–Crippen LogP) is 4.60. The number of hydrogen-bond acceptors (Lipinski definition) is 3. The van der Waals surface area contributed by atoms with E-state index in [4.69, 9.17) is 0 Å². The third-order valence-corrected chi connectivity index (χ3v) is 6.13. The van der Waals surface area contributed by atoms with Gasteiger partial charge in [-0.3, -0.25) is 9.52 Å². The van der Waals surface area contributed by atoms with Gasteiger partial charge in [-0.25, -0.2) is 8.42 Å². The molecule has 150 valence electrons. The molecule has 0 aliphatic heterocycles. The average Bonchev–Trinajstić information content (AvgIpc) is 2.68. The molecule has 0 radical (unpaired) electrons. The van der Waals surface area contributed by atoms with Crippen molar-refractivity contribution in [3.05, 3.63) is 95.1 Å². The molecule has 0 aliphatic rings. The second kappa shape index (κ2) is 8.49. The van der Waals surface area contributed by atoms with Crippen LogP contribution in [0.5, 0.6) is 0 Å². The Hall–Kier alpha value is -3.12. The molecule has 0 bridgehead atoms. The summed E-state index contributed by atoms with van der Waals surface area (Å²) in [5, 5.41) is 2.97. The van der Waals surface area contributed by atoms with Crippen LogP contribution < -0.4 is 10.0 Å². The number of carbonyl (C=O) groups excluding carboxylic acids is 1. The van der Waals surface area contributed by atoms with Crippen molar-refractivity contribution in [2.24, 2.45) is 0 Å². The summed E-state index contributed by atoms with van der Waals surface area (Å²) in [7, 11) is -3.67.